The van der Waals surface area contributed by atoms with E-state index < -0.39 is 11.1 Å². The van der Waals surface area contributed by atoms with Gasteiger partial charge in [-0.15, -0.1) is 12.4 Å². The Bertz CT molecular complexity index is 1770. The molecule has 1 aliphatic heterocycles. The predicted octanol–water partition coefficient (Wildman–Crippen LogP) is 3.16. The van der Waals surface area contributed by atoms with E-state index in [-0.39, 0.29) is 40.9 Å². The molecular formula is C31H33ClFN5O4. The van der Waals surface area contributed by atoms with Gasteiger partial charge in [0.15, 0.2) is 0 Å². The Morgan fingerprint density at radius 1 is 1.02 bits per heavy atom. The first-order valence-corrected chi connectivity index (χ1v) is 14.0. The molecule has 2 aliphatic rings. The lowest BCUT2D eigenvalue weighted by Gasteiger charge is -2.29. The fraction of sp³-hybridized carbons (Fsp3) is 0.323. The lowest BCUT2D eigenvalue weighted by Crippen LogP contribution is -2.46. The zero-order valence-corrected chi connectivity index (χ0v) is 23.9. The highest BCUT2D eigenvalue weighted by Crippen LogP contribution is 2.41. The maximum absolute atomic E-state index is 13.2. The number of benzene rings is 2. The number of ether oxygens (including phenoxy) is 2. The van der Waals surface area contributed by atoms with Gasteiger partial charge in [-0.05, 0) is 73.4 Å². The molecule has 2 fully saturated rings. The molecular weight excluding hydrogens is 561 g/mol. The van der Waals surface area contributed by atoms with Crippen LogP contribution in [0.3, 0.4) is 0 Å². The summed E-state index contributed by atoms with van der Waals surface area (Å²) in [5.41, 5.74) is 1.49. The third kappa shape index (κ3) is 6.73. The van der Waals surface area contributed by atoms with Crippen LogP contribution in [0.4, 0.5) is 4.39 Å². The van der Waals surface area contributed by atoms with E-state index in [2.05, 4.69) is 27.2 Å². The van der Waals surface area contributed by atoms with E-state index in [1.165, 1.54) is 24.3 Å². The monoisotopic (exact) mass is 593 g/mol. The van der Waals surface area contributed by atoms with Crippen molar-refractivity contribution in [3.63, 3.8) is 0 Å². The molecule has 6 rings (SSSR count). The van der Waals surface area contributed by atoms with E-state index in [0.29, 0.717) is 41.9 Å². The van der Waals surface area contributed by atoms with Gasteiger partial charge in [0.25, 0.3) is 11.1 Å². The Balaban J connectivity index is 0.00000353. The minimum atomic E-state index is -0.431. The van der Waals surface area contributed by atoms with Crippen LogP contribution in [-0.4, -0.2) is 45.7 Å². The molecule has 11 heteroatoms. The molecule has 0 radical (unpaired) electrons. The summed E-state index contributed by atoms with van der Waals surface area (Å²) >= 11 is 0. The average Bonchev–Trinajstić information content (AvgIpc) is 3.74. The van der Waals surface area contributed by atoms with Gasteiger partial charge in [-0.1, -0.05) is 19.1 Å². The second kappa shape index (κ2) is 12.9. The summed E-state index contributed by atoms with van der Waals surface area (Å²) in [5.74, 6) is 2.03. The third-order valence-corrected chi connectivity index (χ3v) is 7.48. The maximum atomic E-state index is 13.2. The molecule has 4 N–H and O–H groups in total. The van der Waals surface area contributed by atoms with Crippen molar-refractivity contribution >= 4 is 24.6 Å². The molecule has 4 aromatic rings. The Hall–Kier alpha value is -3.99. The number of nitrogens with zero attached hydrogens (tertiary/aromatic N) is 1. The number of halogens is 2. The summed E-state index contributed by atoms with van der Waals surface area (Å²) in [6.45, 7) is 4.27. The van der Waals surface area contributed by atoms with Crippen LogP contribution in [0.1, 0.15) is 60.8 Å². The van der Waals surface area contributed by atoms with Crippen LogP contribution in [0.15, 0.2) is 58.1 Å². The summed E-state index contributed by atoms with van der Waals surface area (Å²) in [6, 6.07) is 12.9. The lowest BCUT2D eigenvalue weighted by atomic mass is 9.96. The number of morpholine rings is 1. The maximum Gasteiger partial charge on any atom is 0.272 e. The van der Waals surface area contributed by atoms with Gasteiger partial charge in [-0.2, -0.15) is 0 Å². The van der Waals surface area contributed by atoms with Gasteiger partial charge in [0.05, 0.1) is 18.9 Å². The normalized spacial score (nSPS) is 18.5. The van der Waals surface area contributed by atoms with Crippen molar-refractivity contribution in [3.05, 3.63) is 109 Å². The first-order valence-electron chi connectivity index (χ1n) is 14.0. The molecule has 1 saturated carbocycles. The zero-order chi connectivity index (χ0) is 28.3. The largest absolute Gasteiger partial charge is 0.457 e. The highest BCUT2D eigenvalue weighted by molar-refractivity contribution is 5.85. The zero-order valence-electron chi connectivity index (χ0n) is 23.1. The SMILES string of the molecule is CCC(c1nc(/C=c2\[nH]c(=O)/c(=C/c3cccc(Oc4ccc(F)cc4)c3)[nH]c2=O)c(C2CC2)[nH]1)C1COCCN1.Cl. The van der Waals surface area contributed by atoms with Crippen LogP contribution in [0.5, 0.6) is 11.5 Å². The molecule has 0 spiro atoms. The van der Waals surface area contributed by atoms with E-state index in [0.717, 1.165) is 37.3 Å². The molecule has 0 amide bonds. The van der Waals surface area contributed by atoms with Crippen molar-refractivity contribution in [1.29, 1.82) is 0 Å². The van der Waals surface area contributed by atoms with Crippen molar-refractivity contribution in [2.24, 2.45) is 0 Å². The minimum Gasteiger partial charge on any atom is -0.457 e. The van der Waals surface area contributed by atoms with Crippen molar-refractivity contribution in [1.82, 2.24) is 25.3 Å². The van der Waals surface area contributed by atoms with Crippen molar-refractivity contribution in [3.8, 4) is 11.5 Å². The van der Waals surface area contributed by atoms with Crippen molar-refractivity contribution < 1.29 is 13.9 Å². The Kier molecular flexibility index (Phi) is 9.06. The second-order valence-corrected chi connectivity index (χ2v) is 10.5. The molecule has 2 aromatic heterocycles. The minimum absolute atomic E-state index is 0. The molecule has 1 saturated heterocycles. The summed E-state index contributed by atoms with van der Waals surface area (Å²) in [7, 11) is 0. The van der Waals surface area contributed by atoms with Gasteiger partial charge < -0.3 is 29.7 Å². The first-order chi connectivity index (χ1) is 20.0. The third-order valence-electron chi connectivity index (χ3n) is 7.48. The Labute approximate surface area is 247 Å². The number of imidazole rings is 1. The molecule has 2 unspecified atom stereocenters. The molecule has 2 atom stereocenters. The predicted molar refractivity (Wildman–Crippen MR) is 160 cm³/mol. The van der Waals surface area contributed by atoms with Crippen LogP contribution >= 0.6 is 12.4 Å². The molecule has 0 bridgehead atoms. The standard InChI is InChI=1S/C31H32FN5O4.ClH/c1-2-23(27-17-40-13-12-33-27)29-34-24(28(37-29)19-6-7-19)16-26-31(39)35-25(30(38)36-26)15-18-4-3-5-22(14-18)41-21-10-8-20(32)9-11-21;/h3-5,8-11,14-16,19,23,27,33H,2,6-7,12-13,17H2,1H3,(H,34,37)(H,35,39)(H,36,38);1H/b25-15-,26-16-;. The summed E-state index contributed by atoms with van der Waals surface area (Å²) in [5, 5.41) is 3.79. The molecule has 42 heavy (non-hydrogen) atoms. The first kappa shape index (κ1) is 29.5. The van der Waals surface area contributed by atoms with E-state index in [9.17, 15) is 14.0 Å². The average molecular weight is 594 g/mol. The van der Waals surface area contributed by atoms with E-state index in [1.807, 2.05) is 0 Å². The van der Waals surface area contributed by atoms with Gasteiger partial charge in [-0.25, -0.2) is 9.37 Å². The van der Waals surface area contributed by atoms with Crippen LogP contribution in [0.2, 0.25) is 0 Å². The quantitative estimate of drug-likeness (QED) is 0.249. The van der Waals surface area contributed by atoms with Gasteiger partial charge in [0.2, 0.25) is 0 Å². The fourth-order valence-electron chi connectivity index (χ4n) is 5.21. The van der Waals surface area contributed by atoms with Crippen LogP contribution in [0, 0.1) is 5.82 Å². The van der Waals surface area contributed by atoms with Gasteiger partial charge in [0.1, 0.15) is 33.8 Å². The van der Waals surface area contributed by atoms with Gasteiger partial charge in [-0.3, -0.25) is 9.59 Å². The van der Waals surface area contributed by atoms with E-state index in [1.54, 1.807) is 36.4 Å². The highest BCUT2D eigenvalue weighted by Gasteiger charge is 2.32. The highest BCUT2D eigenvalue weighted by atomic mass is 35.5. The summed E-state index contributed by atoms with van der Waals surface area (Å²) < 4.78 is 24.7. The summed E-state index contributed by atoms with van der Waals surface area (Å²) in [6.07, 6.45) is 6.25. The molecule has 9 nitrogen and oxygen atoms in total. The molecule has 3 heterocycles. The lowest BCUT2D eigenvalue weighted by molar-refractivity contribution is 0.0664. The van der Waals surface area contributed by atoms with Crippen LogP contribution < -0.4 is 31.9 Å². The number of rotatable bonds is 8. The van der Waals surface area contributed by atoms with Crippen molar-refractivity contribution in [2.45, 2.75) is 44.1 Å². The Morgan fingerprint density at radius 3 is 2.43 bits per heavy atom. The summed E-state index contributed by atoms with van der Waals surface area (Å²) in [4.78, 5) is 39.9. The number of aromatic amines is 3. The molecule has 2 aromatic carbocycles. The van der Waals surface area contributed by atoms with Gasteiger partial charge in [0, 0.05) is 30.1 Å². The van der Waals surface area contributed by atoms with E-state index >= 15 is 0 Å². The number of H-pyrrole nitrogens is 3. The number of hydrogen-bond acceptors (Lipinski definition) is 6. The number of hydrogen-bond donors (Lipinski definition) is 4. The van der Waals surface area contributed by atoms with Crippen LogP contribution in [0.25, 0.3) is 12.2 Å². The van der Waals surface area contributed by atoms with E-state index in [4.69, 9.17) is 14.5 Å². The molecule has 1 aliphatic carbocycles. The van der Waals surface area contributed by atoms with Gasteiger partial charge >= 0.3 is 0 Å². The van der Waals surface area contributed by atoms with Crippen LogP contribution in [-0.2, 0) is 4.74 Å². The molecule has 220 valence electrons. The number of nitrogens with one attached hydrogen (secondary N) is 4. The number of aromatic nitrogens is 4. The van der Waals surface area contributed by atoms with Crippen molar-refractivity contribution in [2.75, 3.05) is 19.8 Å². The smallest absolute Gasteiger partial charge is 0.272 e. The Morgan fingerprint density at radius 2 is 1.76 bits per heavy atom. The topological polar surface area (TPSA) is 125 Å². The fourth-order valence-corrected chi connectivity index (χ4v) is 5.21. The second-order valence-electron chi connectivity index (χ2n) is 10.5.